The van der Waals surface area contributed by atoms with Gasteiger partial charge in [0, 0.05) is 68.4 Å². The fourth-order valence-corrected chi connectivity index (χ4v) is 8.28. The lowest BCUT2D eigenvalue weighted by Crippen LogP contribution is -2.54. The fourth-order valence-electron chi connectivity index (χ4n) is 6.97. The third-order valence-electron chi connectivity index (χ3n) is 10.2. The van der Waals surface area contributed by atoms with E-state index in [1.165, 1.54) is 29.7 Å². The lowest BCUT2D eigenvalue weighted by Gasteiger charge is -2.39. The van der Waals surface area contributed by atoms with Gasteiger partial charge < -0.3 is 25.0 Å². The first kappa shape index (κ1) is 41.9. The van der Waals surface area contributed by atoms with Crippen LogP contribution in [0.2, 0.25) is 0 Å². The Bertz CT molecular complexity index is 2440. The molecule has 2 aromatic carbocycles. The van der Waals surface area contributed by atoms with E-state index in [4.69, 9.17) is 9.47 Å². The zero-order valence-corrected chi connectivity index (χ0v) is 34.0. The number of anilines is 1. The number of amides is 7. The Morgan fingerprint density at radius 1 is 1.00 bits per heavy atom. The minimum Gasteiger partial charge on any atom is -0.492 e. The number of benzene rings is 2. The van der Waals surface area contributed by atoms with Crippen molar-refractivity contribution in [3.8, 4) is 17.0 Å². The highest BCUT2D eigenvalue weighted by Gasteiger charge is 2.46. The summed E-state index contributed by atoms with van der Waals surface area (Å²) in [5.41, 5.74) is 1.78. The number of thiazole rings is 1. The van der Waals surface area contributed by atoms with Crippen LogP contribution in [0.25, 0.3) is 11.3 Å². The molecule has 2 aromatic heterocycles. The minimum absolute atomic E-state index is 0.0135. The van der Waals surface area contributed by atoms with Crippen LogP contribution < -0.4 is 20.7 Å². The molecule has 5 heterocycles. The first-order chi connectivity index (χ1) is 28.8. The molecule has 2 saturated heterocycles. The van der Waals surface area contributed by atoms with E-state index >= 15 is 0 Å². The maximum absolute atomic E-state index is 13.4. The first-order valence-electron chi connectivity index (χ1n) is 19.1. The molecule has 2 fully saturated rings. The predicted molar refractivity (Wildman–Crippen MR) is 215 cm³/mol. The molecule has 0 bridgehead atoms. The van der Waals surface area contributed by atoms with Crippen molar-refractivity contribution in [3.05, 3.63) is 89.1 Å². The van der Waals surface area contributed by atoms with Crippen molar-refractivity contribution < 1.29 is 51.5 Å². The second-order valence-corrected chi connectivity index (χ2v) is 17.3. The molecule has 3 aliphatic heterocycles. The number of aromatic nitrogens is 2. The van der Waals surface area contributed by atoms with Crippen LogP contribution in [0.5, 0.6) is 5.75 Å². The number of hydrogen-bond donors (Lipinski definition) is 3. The summed E-state index contributed by atoms with van der Waals surface area (Å²) in [4.78, 5) is 96.9. The van der Waals surface area contributed by atoms with E-state index in [9.17, 15) is 42.0 Å². The fraction of sp³-hybridized carbons (Fsp3) is 0.350. The maximum Gasteiger partial charge on any atom is 0.266 e. The number of carbonyl (C=O) groups is 7. The molecule has 3 N–H and O–H groups in total. The average Bonchev–Trinajstić information content (AvgIpc) is 3.95. The van der Waals surface area contributed by atoms with E-state index in [0.717, 1.165) is 26.9 Å². The highest BCUT2D eigenvalue weighted by Crippen LogP contribution is 2.34. The van der Waals surface area contributed by atoms with Gasteiger partial charge in [-0.3, -0.25) is 47.8 Å². The zero-order valence-electron chi connectivity index (χ0n) is 32.3. The summed E-state index contributed by atoms with van der Waals surface area (Å²) in [5, 5.41) is 9.72. The van der Waals surface area contributed by atoms with Crippen LogP contribution in [0.4, 0.5) is 5.13 Å². The smallest absolute Gasteiger partial charge is 0.266 e. The van der Waals surface area contributed by atoms with Crippen LogP contribution in [-0.2, 0) is 33.9 Å². The van der Waals surface area contributed by atoms with E-state index in [2.05, 4.69) is 20.9 Å². The van der Waals surface area contributed by atoms with Crippen molar-refractivity contribution in [2.45, 2.75) is 44.2 Å². The first-order valence-corrected chi connectivity index (χ1v) is 21.8. The molecule has 20 heteroatoms. The second kappa shape index (κ2) is 17.9. The Labute approximate surface area is 348 Å². The lowest BCUT2D eigenvalue weighted by atomic mass is 10.0. The third kappa shape index (κ3) is 9.45. The monoisotopic (exact) mass is 859 g/mol. The molecular weight excluding hydrogens is 819 g/mol. The summed E-state index contributed by atoms with van der Waals surface area (Å²) in [6.45, 7) is 1.32. The largest absolute Gasteiger partial charge is 0.492 e. The van der Waals surface area contributed by atoms with Gasteiger partial charge in [0.05, 0.1) is 35.2 Å². The lowest BCUT2D eigenvalue weighted by molar-refractivity contribution is -0.139. The third-order valence-corrected chi connectivity index (χ3v) is 11.9. The van der Waals surface area contributed by atoms with Gasteiger partial charge in [0.25, 0.3) is 17.7 Å². The number of fused-ring (bicyclic) bond motifs is 1. The summed E-state index contributed by atoms with van der Waals surface area (Å²) in [5.74, 6) is -3.53. The molecule has 0 radical (unpaired) electrons. The molecule has 7 amide bonds. The van der Waals surface area contributed by atoms with Gasteiger partial charge >= 0.3 is 0 Å². The molecular formula is C40H41N7O11S2. The average molecular weight is 860 g/mol. The number of nitrogens with one attached hydrogen (secondary N) is 3. The molecule has 2 atom stereocenters. The summed E-state index contributed by atoms with van der Waals surface area (Å²) in [6.07, 6.45) is 4.13. The van der Waals surface area contributed by atoms with Gasteiger partial charge in [-0.15, -0.1) is 11.3 Å². The normalized spacial score (nSPS) is 17.2. The molecule has 4 aromatic rings. The standard InChI is InChI=1S/C40H41N7O11S2/c1-60(55,56)46-16-14-26(21-46)35(50)41-28(36(51)44-40-42-29(23-59-40)25-7-3-2-4-8-25)15-18-57-17-6-11-33(49)45-19-24(20-45)22-58-31-10-5-9-27-34(31)39(54)47(38(27)53)30-12-13-32(48)43-37(30)52/h2-5,7-10,14,16,21,23-24,28,30H,6,11-13,15,17-20,22H2,1H3,(H,41,50)(H,42,44,51)(H,43,48,52)/t28-,30?/m0/s1. The molecule has 60 heavy (non-hydrogen) atoms. The van der Waals surface area contributed by atoms with Crippen LogP contribution in [0, 0.1) is 5.92 Å². The Morgan fingerprint density at radius 3 is 2.52 bits per heavy atom. The number of likely N-dealkylation sites (tertiary alicyclic amines) is 1. The van der Waals surface area contributed by atoms with Crippen LogP contribution >= 0.6 is 11.3 Å². The Kier molecular flexibility index (Phi) is 12.5. The van der Waals surface area contributed by atoms with Crippen molar-refractivity contribution in [1.29, 1.82) is 0 Å². The highest BCUT2D eigenvalue weighted by atomic mass is 32.2. The van der Waals surface area contributed by atoms with E-state index in [-0.39, 0.29) is 79.8 Å². The molecule has 7 rings (SSSR count). The minimum atomic E-state index is -3.62. The van der Waals surface area contributed by atoms with Crippen LogP contribution in [0.1, 0.15) is 63.2 Å². The van der Waals surface area contributed by atoms with E-state index < -0.39 is 57.6 Å². The van der Waals surface area contributed by atoms with Gasteiger partial charge in [-0.1, -0.05) is 36.4 Å². The van der Waals surface area contributed by atoms with Crippen molar-refractivity contribution in [2.24, 2.45) is 5.92 Å². The summed E-state index contributed by atoms with van der Waals surface area (Å²) in [6, 6.07) is 13.2. The van der Waals surface area contributed by atoms with Crippen molar-refractivity contribution >= 4 is 67.8 Å². The molecule has 314 valence electrons. The molecule has 0 spiro atoms. The highest BCUT2D eigenvalue weighted by molar-refractivity contribution is 7.89. The molecule has 0 saturated carbocycles. The van der Waals surface area contributed by atoms with E-state index in [1.807, 2.05) is 30.3 Å². The van der Waals surface area contributed by atoms with Crippen LogP contribution in [0.15, 0.2) is 72.4 Å². The maximum atomic E-state index is 13.4. The van der Waals surface area contributed by atoms with Gasteiger partial charge in [-0.2, -0.15) is 0 Å². The second-order valence-electron chi connectivity index (χ2n) is 14.5. The zero-order chi connectivity index (χ0) is 42.6. The number of imide groups is 2. The Balaban J connectivity index is 0.852. The molecule has 0 aliphatic carbocycles. The summed E-state index contributed by atoms with van der Waals surface area (Å²) < 4.78 is 36.4. The number of rotatable bonds is 17. The van der Waals surface area contributed by atoms with Gasteiger partial charge in [0.2, 0.25) is 33.7 Å². The van der Waals surface area contributed by atoms with Crippen LogP contribution in [0.3, 0.4) is 0 Å². The quantitative estimate of drug-likeness (QED) is 0.103. The number of carbonyl (C=O) groups excluding carboxylic acids is 7. The predicted octanol–water partition coefficient (Wildman–Crippen LogP) is 2.28. The van der Waals surface area contributed by atoms with Gasteiger partial charge in [0.1, 0.15) is 17.8 Å². The van der Waals surface area contributed by atoms with Crippen molar-refractivity contribution in [2.75, 3.05) is 44.5 Å². The SMILES string of the molecule is CS(=O)(=O)n1ccc(C(=O)N[C@@H](CCOCCCC(=O)N2CC(COc3cccc4c3C(=O)N(C3CCC(=O)NC3=O)C4=O)C2)C(=O)Nc2nc(-c3ccccc3)cs2)c1. The number of ether oxygens (including phenoxy) is 2. The van der Waals surface area contributed by atoms with Crippen molar-refractivity contribution in [3.63, 3.8) is 0 Å². The van der Waals surface area contributed by atoms with E-state index in [1.54, 1.807) is 22.4 Å². The van der Waals surface area contributed by atoms with Crippen LogP contribution in [-0.4, -0.2) is 120 Å². The number of hydrogen-bond acceptors (Lipinski definition) is 13. The van der Waals surface area contributed by atoms with Gasteiger partial charge in [-0.25, -0.2) is 13.4 Å². The Morgan fingerprint density at radius 2 is 1.78 bits per heavy atom. The van der Waals surface area contributed by atoms with E-state index in [0.29, 0.717) is 30.3 Å². The number of piperidine rings is 1. The van der Waals surface area contributed by atoms with Gasteiger partial charge in [-0.05, 0) is 37.5 Å². The molecule has 1 unspecified atom stereocenters. The molecule has 3 aliphatic rings. The van der Waals surface area contributed by atoms with Gasteiger partial charge in [0.15, 0.2) is 5.13 Å². The number of nitrogens with zero attached hydrogens (tertiary/aromatic N) is 4. The molecule has 18 nitrogen and oxygen atoms in total. The topological polar surface area (TPSA) is 232 Å². The summed E-state index contributed by atoms with van der Waals surface area (Å²) >= 11 is 1.22. The summed E-state index contributed by atoms with van der Waals surface area (Å²) in [7, 11) is -3.62. The van der Waals surface area contributed by atoms with Crippen molar-refractivity contribution in [1.82, 2.24) is 29.4 Å². The Hall–Kier alpha value is -6.25.